The van der Waals surface area contributed by atoms with E-state index in [0.717, 1.165) is 6.07 Å². The Bertz CT molecular complexity index is 897. The van der Waals surface area contributed by atoms with E-state index >= 15 is 0 Å². The van der Waals surface area contributed by atoms with E-state index in [9.17, 15) is 19.7 Å². The second kappa shape index (κ2) is 7.73. The molecule has 2 aromatic carbocycles. The number of rotatable bonds is 5. The van der Waals surface area contributed by atoms with Crippen LogP contribution in [-0.2, 0) is 9.53 Å². The Kier molecular flexibility index (Phi) is 5.20. The molecule has 1 heterocycles. The molecule has 9 nitrogen and oxygen atoms in total. The Morgan fingerprint density at radius 2 is 1.89 bits per heavy atom. The highest BCUT2D eigenvalue weighted by Crippen LogP contribution is 2.32. The van der Waals surface area contributed by atoms with Crippen molar-refractivity contribution in [2.24, 2.45) is 0 Å². The highest BCUT2D eigenvalue weighted by Gasteiger charge is 2.21. The molecule has 1 aliphatic heterocycles. The van der Waals surface area contributed by atoms with Crippen LogP contribution in [0.2, 0.25) is 0 Å². The molecule has 1 aliphatic rings. The molecule has 2 aromatic rings. The molecule has 27 heavy (non-hydrogen) atoms. The number of fused-ring (bicyclic) bond motifs is 1. The largest absolute Gasteiger partial charge is 0.486 e. The maximum Gasteiger partial charge on any atom is 0.339 e. The summed E-state index contributed by atoms with van der Waals surface area (Å²) in [6.07, 6.45) is -1.11. The first-order chi connectivity index (χ1) is 12.9. The zero-order chi connectivity index (χ0) is 19.4. The Hall–Kier alpha value is -3.62. The smallest absolute Gasteiger partial charge is 0.339 e. The van der Waals surface area contributed by atoms with Crippen LogP contribution >= 0.6 is 0 Å². The molecule has 0 aliphatic carbocycles. The van der Waals surface area contributed by atoms with Crippen LogP contribution < -0.4 is 14.8 Å². The zero-order valence-corrected chi connectivity index (χ0v) is 14.3. The van der Waals surface area contributed by atoms with Crippen LogP contribution in [0.4, 0.5) is 11.4 Å². The Labute approximate surface area is 154 Å². The first-order valence-corrected chi connectivity index (χ1v) is 8.10. The number of amides is 1. The minimum absolute atomic E-state index is 0.0109. The van der Waals surface area contributed by atoms with E-state index in [1.807, 2.05) is 0 Å². The normalized spacial score (nSPS) is 13.4. The number of carbonyl (C=O) groups excluding carboxylic acids is 2. The van der Waals surface area contributed by atoms with Gasteiger partial charge in [0.05, 0.1) is 10.5 Å². The molecule has 1 amide bonds. The monoisotopic (exact) mass is 372 g/mol. The molecule has 0 bridgehead atoms. The van der Waals surface area contributed by atoms with Crippen molar-refractivity contribution in [3.63, 3.8) is 0 Å². The highest BCUT2D eigenvalue weighted by atomic mass is 16.6. The molecule has 3 rings (SSSR count). The lowest BCUT2D eigenvalue weighted by molar-refractivity contribution is -0.384. The standard InChI is InChI=1S/C18H16N2O7/c1-11(27-18(22)12-3-2-4-14(9-12)20(23)24)17(21)19-13-5-6-15-16(10-13)26-8-7-25-15/h2-6,9-11H,7-8H2,1H3,(H,19,21)/t11-/m0/s1. The molecule has 1 N–H and O–H groups in total. The molecule has 0 saturated carbocycles. The van der Waals surface area contributed by atoms with Gasteiger partial charge in [-0.2, -0.15) is 0 Å². The third-order valence-electron chi connectivity index (χ3n) is 3.76. The number of hydrogen-bond donors (Lipinski definition) is 1. The van der Waals surface area contributed by atoms with E-state index in [1.165, 1.54) is 25.1 Å². The fourth-order valence-electron chi connectivity index (χ4n) is 2.39. The van der Waals surface area contributed by atoms with Crippen LogP contribution in [0.1, 0.15) is 17.3 Å². The minimum atomic E-state index is -1.11. The number of nitro benzene ring substituents is 1. The van der Waals surface area contributed by atoms with Crippen LogP contribution in [0.15, 0.2) is 42.5 Å². The number of nitro groups is 1. The van der Waals surface area contributed by atoms with E-state index in [1.54, 1.807) is 18.2 Å². The molecule has 140 valence electrons. The minimum Gasteiger partial charge on any atom is -0.486 e. The molecule has 0 unspecified atom stereocenters. The number of hydrogen-bond acceptors (Lipinski definition) is 7. The summed E-state index contributed by atoms with van der Waals surface area (Å²) in [6.45, 7) is 2.29. The molecule has 0 radical (unpaired) electrons. The van der Waals surface area contributed by atoms with Gasteiger partial charge in [-0.25, -0.2) is 4.79 Å². The van der Waals surface area contributed by atoms with Gasteiger partial charge in [0.25, 0.3) is 11.6 Å². The van der Waals surface area contributed by atoms with Crippen LogP contribution in [0.3, 0.4) is 0 Å². The number of anilines is 1. The van der Waals surface area contributed by atoms with Crippen molar-refractivity contribution in [3.05, 3.63) is 58.1 Å². The third kappa shape index (κ3) is 4.32. The van der Waals surface area contributed by atoms with Crippen molar-refractivity contribution in [1.82, 2.24) is 0 Å². The summed E-state index contributed by atoms with van der Waals surface area (Å²) < 4.78 is 15.9. The number of nitrogens with one attached hydrogen (secondary N) is 1. The van der Waals surface area contributed by atoms with E-state index in [-0.39, 0.29) is 11.3 Å². The predicted molar refractivity (Wildman–Crippen MR) is 94.0 cm³/mol. The number of non-ortho nitro benzene ring substituents is 1. The number of ether oxygens (including phenoxy) is 3. The SMILES string of the molecule is C[C@H](OC(=O)c1cccc([N+](=O)[O-])c1)C(=O)Nc1ccc2c(c1)OCCO2. The van der Waals surface area contributed by atoms with Gasteiger partial charge in [0.15, 0.2) is 17.6 Å². The molecule has 9 heteroatoms. The van der Waals surface area contributed by atoms with Gasteiger partial charge >= 0.3 is 5.97 Å². The van der Waals surface area contributed by atoms with Crippen molar-refractivity contribution >= 4 is 23.3 Å². The Morgan fingerprint density at radius 3 is 2.63 bits per heavy atom. The second-order valence-electron chi connectivity index (χ2n) is 5.70. The van der Waals surface area contributed by atoms with Gasteiger partial charge in [0, 0.05) is 23.9 Å². The predicted octanol–water partition coefficient (Wildman–Crippen LogP) is 2.55. The van der Waals surface area contributed by atoms with Crippen LogP contribution in [-0.4, -0.2) is 36.1 Å². The second-order valence-corrected chi connectivity index (χ2v) is 5.70. The fourth-order valence-corrected chi connectivity index (χ4v) is 2.39. The third-order valence-corrected chi connectivity index (χ3v) is 3.76. The average molecular weight is 372 g/mol. The summed E-state index contributed by atoms with van der Waals surface area (Å²) in [5, 5.41) is 13.4. The molecular weight excluding hydrogens is 356 g/mol. The first-order valence-electron chi connectivity index (χ1n) is 8.10. The lowest BCUT2D eigenvalue weighted by Gasteiger charge is -2.19. The molecule has 1 atom stereocenters. The number of benzene rings is 2. The van der Waals surface area contributed by atoms with Gasteiger partial charge < -0.3 is 19.5 Å². The van der Waals surface area contributed by atoms with Crippen LogP contribution in [0.5, 0.6) is 11.5 Å². The Balaban J connectivity index is 1.63. The molecule has 0 saturated heterocycles. The van der Waals surface area contributed by atoms with Crippen molar-refractivity contribution < 1.29 is 28.7 Å². The van der Waals surface area contributed by atoms with E-state index in [4.69, 9.17) is 14.2 Å². The summed E-state index contributed by atoms with van der Waals surface area (Å²) in [4.78, 5) is 34.5. The summed E-state index contributed by atoms with van der Waals surface area (Å²) in [5.74, 6) is -0.279. The number of esters is 1. The van der Waals surface area contributed by atoms with Gasteiger partial charge in [0.2, 0.25) is 0 Å². The van der Waals surface area contributed by atoms with Crippen molar-refractivity contribution in [2.45, 2.75) is 13.0 Å². The Morgan fingerprint density at radius 1 is 1.15 bits per heavy atom. The topological polar surface area (TPSA) is 117 Å². The maximum absolute atomic E-state index is 12.3. The molecule has 0 fully saturated rings. The van der Waals surface area contributed by atoms with Crippen molar-refractivity contribution in [3.8, 4) is 11.5 Å². The fraction of sp³-hybridized carbons (Fsp3) is 0.222. The lowest BCUT2D eigenvalue weighted by atomic mass is 10.2. The molecule has 0 spiro atoms. The van der Waals surface area contributed by atoms with E-state index < -0.39 is 22.9 Å². The lowest BCUT2D eigenvalue weighted by Crippen LogP contribution is -2.30. The van der Waals surface area contributed by atoms with Gasteiger partial charge in [-0.05, 0) is 25.1 Å². The van der Waals surface area contributed by atoms with Gasteiger partial charge in [0.1, 0.15) is 13.2 Å². The molecule has 0 aromatic heterocycles. The molecular formula is C18H16N2O7. The van der Waals surface area contributed by atoms with Gasteiger partial charge in [-0.15, -0.1) is 0 Å². The zero-order valence-electron chi connectivity index (χ0n) is 14.3. The van der Waals surface area contributed by atoms with Crippen molar-refractivity contribution in [2.75, 3.05) is 18.5 Å². The van der Waals surface area contributed by atoms with Gasteiger partial charge in [-0.1, -0.05) is 6.07 Å². The quantitative estimate of drug-likeness (QED) is 0.487. The van der Waals surface area contributed by atoms with Crippen molar-refractivity contribution in [1.29, 1.82) is 0 Å². The van der Waals surface area contributed by atoms with E-state index in [2.05, 4.69) is 5.32 Å². The van der Waals surface area contributed by atoms with E-state index in [0.29, 0.717) is 30.4 Å². The summed E-state index contributed by atoms with van der Waals surface area (Å²) in [5.41, 5.74) is 0.212. The average Bonchev–Trinajstić information content (AvgIpc) is 2.67. The van der Waals surface area contributed by atoms with Gasteiger partial charge in [-0.3, -0.25) is 14.9 Å². The summed E-state index contributed by atoms with van der Waals surface area (Å²) >= 11 is 0. The summed E-state index contributed by atoms with van der Waals surface area (Å²) in [6, 6.07) is 10.0. The maximum atomic E-state index is 12.3. The first kappa shape index (κ1) is 18.2. The number of carbonyl (C=O) groups is 2. The number of nitrogens with zero attached hydrogens (tertiary/aromatic N) is 1. The highest BCUT2D eigenvalue weighted by molar-refractivity contribution is 5.97. The van der Waals surface area contributed by atoms with Crippen LogP contribution in [0.25, 0.3) is 0 Å². The van der Waals surface area contributed by atoms with Crippen LogP contribution in [0, 0.1) is 10.1 Å². The summed E-state index contributed by atoms with van der Waals surface area (Å²) in [7, 11) is 0.